The molecule has 2 fully saturated rings. The number of carboxylic acid groups (broad SMARTS) is 1. The third-order valence-corrected chi connectivity index (χ3v) is 3.18. The lowest BCUT2D eigenvalue weighted by Gasteiger charge is -2.23. The molecule has 2 aliphatic rings. The number of amides is 1. The van der Waals surface area contributed by atoms with Gasteiger partial charge in [0, 0.05) is 17.7 Å². The van der Waals surface area contributed by atoms with Crippen molar-refractivity contribution < 1.29 is 24.2 Å². The zero-order valence-electron chi connectivity index (χ0n) is 11.5. The molecule has 1 unspecified atom stereocenters. The Morgan fingerprint density at radius 1 is 1.33 bits per heavy atom. The van der Waals surface area contributed by atoms with Gasteiger partial charge in [0.05, 0.1) is 19.8 Å². The largest absolute Gasteiger partial charge is 0.477 e. The van der Waals surface area contributed by atoms with E-state index < -0.39 is 5.97 Å². The van der Waals surface area contributed by atoms with Crippen molar-refractivity contribution >= 4 is 11.9 Å². The molecule has 1 atom stereocenters. The summed E-state index contributed by atoms with van der Waals surface area (Å²) in [6, 6.07) is 3.40. The van der Waals surface area contributed by atoms with Crippen LogP contribution in [0.5, 0.6) is 0 Å². The lowest BCUT2D eigenvalue weighted by Crippen LogP contribution is -2.24. The number of aromatic carboxylic acids is 1. The maximum absolute atomic E-state index is 10.9. The maximum Gasteiger partial charge on any atom is 0.354 e. The van der Waals surface area contributed by atoms with Crippen LogP contribution in [0, 0.1) is 5.92 Å². The molecule has 0 radical (unpaired) electrons. The van der Waals surface area contributed by atoms with E-state index in [4.69, 9.17) is 20.3 Å². The van der Waals surface area contributed by atoms with Gasteiger partial charge >= 0.3 is 5.97 Å². The van der Waals surface area contributed by atoms with Crippen LogP contribution in [-0.2, 0) is 14.3 Å². The van der Waals surface area contributed by atoms with Gasteiger partial charge in [0.2, 0.25) is 5.91 Å². The Hall–Kier alpha value is -1.99. The van der Waals surface area contributed by atoms with Crippen molar-refractivity contribution in [2.45, 2.75) is 18.9 Å². The van der Waals surface area contributed by atoms with E-state index in [1.165, 1.54) is 6.20 Å². The van der Waals surface area contributed by atoms with Gasteiger partial charge in [-0.2, -0.15) is 0 Å². The second-order valence-electron chi connectivity index (χ2n) is 4.86. The fourth-order valence-electron chi connectivity index (χ4n) is 1.89. The van der Waals surface area contributed by atoms with E-state index in [1.54, 1.807) is 12.1 Å². The number of carbonyl (C=O) groups excluding carboxylic acids is 1. The van der Waals surface area contributed by atoms with Gasteiger partial charge in [-0.05, 0) is 18.9 Å². The van der Waals surface area contributed by atoms with Gasteiger partial charge in [0.25, 0.3) is 0 Å². The van der Waals surface area contributed by atoms with Crippen molar-refractivity contribution in [1.82, 2.24) is 4.98 Å². The average Bonchev–Trinajstić information content (AvgIpc) is 3.33. The Balaban J connectivity index is 0.000000225. The van der Waals surface area contributed by atoms with Gasteiger partial charge in [-0.3, -0.25) is 4.79 Å². The summed E-state index contributed by atoms with van der Waals surface area (Å²) in [6.07, 6.45) is 3.18. The first-order valence-corrected chi connectivity index (χ1v) is 6.76. The SMILES string of the molecule is NC(=O)C1CC1.O=C(O)c1ncccc1C1COCCO1. The minimum Gasteiger partial charge on any atom is -0.477 e. The van der Waals surface area contributed by atoms with E-state index in [1.807, 2.05) is 0 Å². The fraction of sp³-hybridized carbons (Fsp3) is 0.500. The van der Waals surface area contributed by atoms with E-state index in [-0.39, 0.29) is 23.6 Å². The van der Waals surface area contributed by atoms with Gasteiger partial charge in [-0.1, -0.05) is 6.07 Å². The van der Waals surface area contributed by atoms with Crippen LogP contribution in [0.2, 0.25) is 0 Å². The van der Waals surface area contributed by atoms with Crippen molar-refractivity contribution in [3.63, 3.8) is 0 Å². The summed E-state index contributed by atoms with van der Waals surface area (Å²) < 4.78 is 10.7. The highest BCUT2D eigenvalue weighted by Gasteiger charge is 2.26. The first kappa shape index (κ1) is 15.4. The zero-order valence-corrected chi connectivity index (χ0v) is 11.5. The van der Waals surface area contributed by atoms with Gasteiger partial charge in [-0.25, -0.2) is 9.78 Å². The van der Waals surface area contributed by atoms with Crippen LogP contribution in [-0.4, -0.2) is 41.8 Å². The number of primary amides is 1. The number of hydrogen-bond donors (Lipinski definition) is 2. The van der Waals surface area contributed by atoms with Gasteiger partial charge in [0.1, 0.15) is 6.10 Å². The average molecular weight is 294 g/mol. The molecular formula is C14H18N2O5. The van der Waals surface area contributed by atoms with E-state index in [2.05, 4.69) is 4.98 Å². The Bertz CT molecular complexity index is 510. The molecule has 3 N–H and O–H groups in total. The molecule has 1 saturated carbocycles. The molecule has 7 heteroatoms. The first-order chi connectivity index (χ1) is 10.1. The molecular weight excluding hydrogens is 276 g/mol. The van der Waals surface area contributed by atoms with Crippen molar-refractivity contribution in [1.29, 1.82) is 0 Å². The molecule has 21 heavy (non-hydrogen) atoms. The predicted octanol–water partition coefficient (Wildman–Crippen LogP) is 0.749. The van der Waals surface area contributed by atoms with Crippen LogP contribution < -0.4 is 5.73 Å². The Kier molecular flexibility index (Phi) is 5.24. The van der Waals surface area contributed by atoms with E-state index in [9.17, 15) is 9.59 Å². The number of carbonyl (C=O) groups is 2. The fourth-order valence-corrected chi connectivity index (χ4v) is 1.89. The van der Waals surface area contributed by atoms with Crippen molar-refractivity contribution in [2.75, 3.05) is 19.8 Å². The lowest BCUT2D eigenvalue weighted by molar-refractivity contribution is -0.119. The van der Waals surface area contributed by atoms with Crippen molar-refractivity contribution in [3.05, 3.63) is 29.6 Å². The molecule has 0 spiro atoms. The lowest BCUT2D eigenvalue weighted by atomic mass is 10.1. The van der Waals surface area contributed by atoms with Crippen molar-refractivity contribution in [3.8, 4) is 0 Å². The molecule has 114 valence electrons. The maximum atomic E-state index is 10.9. The molecule has 0 bridgehead atoms. The van der Waals surface area contributed by atoms with Crippen LogP contribution >= 0.6 is 0 Å². The second-order valence-corrected chi connectivity index (χ2v) is 4.86. The van der Waals surface area contributed by atoms with E-state index >= 15 is 0 Å². The van der Waals surface area contributed by atoms with Gasteiger partial charge < -0.3 is 20.3 Å². The number of aromatic nitrogens is 1. The summed E-state index contributed by atoms with van der Waals surface area (Å²) in [7, 11) is 0. The molecule has 1 aliphatic heterocycles. The van der Waals surface area contributed by atoms with Crippen LogP contribution in [0.15, 0.2) is 18.3 Å². The number of pyridine rings is 1. The molecule has 1 saturated heterocycles. The molecule has 7 nitrogen and oxygen atoms in total. The Morgan fingerprint density at radius 2 is 2.10 bits per heavy atom. The number of rotatable bonds is 3. The number of nitrogens with zero attached hydrogens (tertiary/aromatic N) is 1. The third-order valence-electron chi connectivity index (χ3n) is 3.18. The minimum absolute atomic E-state index is 0.0352. The highest BCUT2D eigenvalue weighted by atomic mass is 16.6. The smallest absolute Gasteiger partial charge is 0.354 e. The summed E-state index contributed by atoms with van der Waals surface area (Å²) in [4.78, 5) is 24.7. The highest BCUT2D eigenvalue weighted by Crippen LogP contribution is 2.27. The minimum atomic E-state index is -1.04. The van der Waals surface area contributed by atoms with E-state index in [0.29, 0.717) is 25.4 Å². The second kappa shape index (κ2) is 7.14. The number of hydrogen-bond acceptors (Lipinski definition) is 5. The zero-order chi connectivity index (χ0) is 15.2. The highest BCUT2D eigenvalue weighted by molar-refractivity contribution is 5.87. The van der Waals surface area contributed by atoms with Crippen molar-refractivity contribution in [2.24, 2.45) is 11.7 Å². The number of carboxylic acids is 1. The summed E-state index contributed by atoms with van der Waals surface area (Å²) in [5.41, 5.74) is 5.47. The summed E-state index contributed by atoms with van der Waals surface area (Å²) in [5, 5.41) is 8.94. The topological polar surface area (TPSA) is 112 Å². The predicted molar refractivity (Wildman–Crippen MR) is 72.6 cm³/mol. The van der Waals surface area contributed by atoms with Gasteiger partial charge in [0.15, 0.2) is 5.69 Å². The summed E-state index contributed by atoms with van der Waals surface area (Å²) in [5.74, 6) is -0.931. The molecule has 2 heterocycles. The third kappa shape index (κ3) is 4.51. The molecule has 1 amide bonds. The number of ether oxygens (including phenoxy) is 2. The molecule has 3 rings (SSSR count). The molecule has 1 aliphatic carbocycles. The van der Waals surface area contributed by atoms with Crippen LogP contribution in [0.4, 0.5) is 0 Å². The Labute approximate surface area is 122 Å². The quantitative estimate of drug-likeness (QED) is 0.850. The normalized spacial score (nSPS) is 21.0. The molecule has 1 aromatic rings. The first-order valence-electron chi connectivity index (χ1n) is 6.76. The van der Waals surface area contributed by atoms with E-state index in [0.717, 1.165) is 12.8 Å². The van der Waals surface area contributed by atoms with Crippen LogP contribution in [0.25, 0.3) is 0 Å². The summed E-state index contributed by atoms with van der Waals surface area (Å²) in [6.45, 7) is 1.42. The number of nitrogens with two attached hydrogens (primary N) is 1. The monoisotopic (exact) mass is 294 g/mol. The standard InChI is InChI=1S/C10H11NO4.C4H7NO/c12-10(13)9-7(2-1-3-11-9)8-6-14-4-5-15-8;5-4(6)3-1-2-3/h1-3,8H,4-6H2,(H,12,13);3H,1-2H2,(H2,5,6). The van der Waals surface area contributed by atoms with Crippen LogP contribution in [0.1, 0.15) is 35.0 Å². The summed E-state index contributed by atoms with van der Waals surface area (Å²) >= 11 is 0. The molecule has 0 aromatic carbocycles. The van der Waals surface area contributed by atoms with Gasteiger partial charge in [-0.15, -0.1) is 0 Å². The Morgan fingerprint density at radius 3 is 2.57 bits per heavy atom. The van der Waals surface area contributed by atoms with Crippen LogP contribution in [0.3, 0.4) is 0 Å². The molecule has 1 aromatic heterocycles.